The summed E-state index contributed by atoms with van der Waals surface area (Å²) in [6.07, 6.45) is 1.74. The van der Waals surface area contributed by atoms with Crippen LogP contribution in [0.1, 0.15) is 6.92 Å². The van der Waals surface area contributed by atoms with Crippen LogP contribution in [-0.2, 0) is 0 Å². The molecular weight excluding hydrogens is 178 g/mol. The first kappa shape index (κ1) is 8.42. The van der Waals surface area contributed by atoms with Crippen LogP contribution in [0, 0.1) is 0 Å². The lowest BCUT2D eigenvalue weighted by molar-refractivity contribution is 0.979. The van der Waals surface area contributed by atoms with Crippen LogP contribution in [0.4, 0.5) is 5.13 Å². The van der Waals surface area contributed by atoms with Gasteiger partial charge in [-0.25, -0.2) is 4.98 Å². The van der Waals surface area contributed by atoms with Crippen LogP contribution in [0.3, 0.4) is 0 Å². The van der Waals surface area contributed by atoms with E-state index in [9.17, 15) is 0 Å². The number of anilines is 1. The Bertz CT molecular complexity index is 220. The van der Waals surface area contributed by atoms with E-state index in [0.29, 0.717) is 5.11 Å². The summed E-state index contributed by atoms with van der Waals surface area (Å²) in [6.45, 7) is 2.83. The number of nitrogens with zero attached hydrogens (tertiary/aromatic N) is 1. The van der Waals surface area contributed by atoms with Crippen molar-refractivity contribution in [3.8, 4) is 0 Å². The number of nitrogens with one attached hydrogen (secondary N) is 2. The molecule has 0 bridgehead atoms. The number of thiocarbonyl (C=S) groups is 1. The average molecular weight is 187 g/mol. The molecule has 2 N–H and O–H groups in total. The Kier molecular flexibility index (Phi) is 3.25. The van der Waals surface area contributed by atoms with Gasteiger partial charge in [0.2, 0.25) is 0 Å². The largest absolute Gasteiger partial charge is 0.363 e. The van der Waals surface area contributed by atoms with Gasteiger partial charge in [0.15, 0.2) is 10.2 Å². The molecule has 0 aliphatic carbocycles. The second-order valence-corrected chi connectivity index (χ2v) is 3.12. The van der Waals surface area contributed by atoms with Gasteiger partial charge in [-0.3, -0.25) is 0 Å². The summed E-state index contributed by atoms with van der Waals surface area (Å²) in [5, 5.41) is 9.28. The van der Waals surface area contributed by atoms with Crippen molar-refractivity contribution < 1.29 is 0 Å². The highest BCUT2D eigenvalue weighted by Gasteiger charge is 1.95. The third kappa shape index (κ3) is 2.81. The quantitative estimate of drug-likeness (QED) is 0.687. The van der Waals surface area contributed by atoms with Crippen molar-refractivity contribution in [2.24, 2.45) is 0 Å². The first-order chi connectivity index (χ1) is 5.33. The van der Waals surface area contributed by atoms with Gasteiger partial charge in [0, 0.05) is 18.1 Å². The number of hydrogen-bond acceptors (Lipinski definition) is 3. The van der Waals surface area contributed by atoms with E-state index in [1.807, 2.05) is 12.3 Å². The summed E-state index contributed by atoms with van der Waals surface area (Å²) in [5.74, 6) is 0. The van der Waals surface area contributed by atoms with Crippen LogP contribution in [0.2, 0.25) is 0 Å². The molecule has 0 fully saturated rings. The van der Waals surface area contributed by atoms with E-state index in [-0.39, 0.29) is 0 Å². The predicted octanol–water partition coefficient (Wildman–Crippen LogP) is 1.45. The van der Waals surface area contributed by atoms with Crippen molar-refractivity contribution in [2.75, 3.05) is 11.9 Å². The highest BCUT2D eigenvalue weighted by atomic mass is 32.1. The van der Waals surface area contributed by atoms with Crippen molar-refractivity contribution in [3.05, 3.63) is 11.6 Å². The molecule has 0 atom stereocenters. The Morgan fingerprint density at radius 2 is 2.64 bits per heavy atom. The minimum absolute atomic E-state index is 0.627. The highest BCUT2D eigenvalue weighted by molar-refractivity contribution is 7.80. The van der Waals surface area contributed by atoms with Crippen LogP contribution in [0.25, 0.3) is 0 Å². The Balaban J connectivity index is 2.37. The van der Waals surface area contributed by atoms with Gasteiger partial charge >= 0.3 is 0 Å². The standard InChI is InChI=1S/C6H9N3S2/c1-2-7-5(10)9-6-8-3-4-11-6/h3-4H,2H2,1H3,(H2,7,8,9,10). The zero-order valence-corrected chi connectivity index (χ0v) is 7.76. The fourth-order valence-corrected chi connectivity index (χ4v) is 1.43. The molecule has 1 rings (SSSR count). The molecule has 60 valence electrons. The Labute approximate surface area is 74.8 Å². The molecule has 0 unspecified atom stereocenters. The molecule has 0 aromatic carbocycles. The normalized spacial score (nSPS) is 9.18. The van der Waals surface area contributed by atoms with Gasteiger partial charge in [-0.15, -0.1) is 11.3 Å². The van der Waals surface area contributed by atoms with Gasteiger partial charge < -0.3 is 10.6 Å². The van der Waals surface area contributed by atoms with Crippen molar-refractivity contribution in [3.63, 3.8) is 0 Å². The summed E-state index contributed by atoms with van der Waals surface area (Å²) >= 11 is 6.47. The Morgan fingerprint density at radius 3 is 3.18 bits per heavy atom. The van der Waals surface area contributed by atoms with E-state index in [0.717, 1.165) is 11.7 Å². The topological polar surface area (TPSA) is 37.0 Å². The van der Waals surface area contributed by atoms with Gasteiger partial charge in [-0.05, 0) is 19.1 Å². The lowest BCUT2D eigenvalue weighted by Gasteiger charge is -2.03. The highest BCUT2D eigenvalue weighted by Crippen LogP contribution is 2.09. The number of hydrogen-bond donors (Lipinski definition) is 2. The van der Waals surface area contributed by atoms with E-state index in [1.54, 1.807) is 6.20 Å². The molecule has 0 aliphatic rings. The van der Waals surface area contributed by atoms with Gasteiger partial charge in [0.25, 0.3) is 0 Å². The predicted molar refractivity (Wildman–Crippen MR) is 52.0 cm³/mol. The molecule has 3 nitrogen and oxygen atoms in total. The fourth-order valence-electron chi connectivity index (χ4n) is 0.587. The first-order valence-corrected chi connectivity index (χ1v) is 4.56. The van der Waals surface area contributed by atoms with E-state index in [2.05, 4.69) is 15.6 Å². The van der Waals surface area contributed by atoms with E-state index in [4.69, 9.17) is 12.2 Å². The summed E-state index contributed by atoms with van der Waals surface area (Å²) in [4.78, 5) is 4.02. The molecule has 0 aliphatic heterocycles. The van der Waals surface area contributed by atoms with Crippen molar-refractivity contribution in [1.82, 2.24) is 10.3 Å². The third-order valence-electron chi connectivity index (χ3n) is 0.990. The summed E-state index contributed by atoms with van der Waals surface area (Å²) in [6, 6.07) is 0. The third-order valence-corrected chi connectivity index (χ3v) is 1.93. The molecule has 1 aromatic heterocycles. The molecule has 0 spiro atoms. The summed E-state index contributed by atoms with van der Waals surface area (Å²) in [5.41, 5.74) is 0. The van der Waals surface area contributed by atoms with Crippen LogP contribution >= 0.6 is 23.6 Å². The first-order valence-electron chi connectivity index (χ1n) is 3.27. The second-order valence-electron chi connectivity index (χ2n) is 1.82. The molecule has 1 heterocycles. The maximum absolute atomic E-state index is 4.95. The van der Waals surface area contributed by atoms with Crippen LogP contribution < -0.4 is 10.6 Å². The number of aromatic nitrogens is 1. The van der Waals surface area contributed by atoms with E-state index >= 15 is 0 Å². The zero-order valence-electron chi connectivity index (χ0n) is 6.13. The average Bonchev–Trinajstić information content (AvgIpc) is 2.40. The second kappa shape index (κ2) is 4.25. The maximum atomic E-state index is 4.95. The zero-order chi connectivity index (χ0) is 8.10. The fraction of sp³-hybridized carbons (Fsp3) is 0.333. The van der Waals surface area contributed by atoms with E-state index in [1.165, 1.54) is 11.3 Å². The molecular formula is C6H9N3S2. The van der Waals surface area contributed by atoms with Gasteiger partial charge in [-0.1, -0.05) is 0 Å². The van der Waals surface area contributed by atoms with Crippen LogP contribution in [0.5, 0.6) is 0 Å². The molecule has 0 saturated heterocycles. The Morgan fingerprint density at radius 1 is 1.82 bits per heavy atom. The SMILES string of the molecule is CCNC(=S)Nc1nccs1. The minimum Gasteiger partial charge on any atom is -0.363 e. The molecule has 1 aromatic rings. The molecule has 0 radical (unpaired) electrons. The summed E-state index contributed by atoms with van der Waals surface area (Å²) in [7, 11) is 0. The van der Waals surface area contributed by atoms with Gasteiger partial charge in [0.05, 0.1) is 0 Å². The minimum atomic E-state index is 0.627. The van der Waals surface area contributed by atoms with Crippen molar-refractivity contribution >= 4 is 33.8 Å². The Hall–Kier alpha value is -0.680. The van der Waals surface area contributed by atoms with Crippen LogP contribution in [-0.4, -0.2) is 16.6 Å². The molecule has 0 amide bonds. The van der Waals surface area contributed by atoms with Crippen molar-refractivity contribution in [2.45, 2.75) is 6.92 Å². The lowest BCUT2D eigenvalue weighted by Crippen LogP contribution is -2.27. The number of rotatable bonds is 2. The van der Waals surface area contributed by atoms with Gasteiger partial charge in [0.1, 0.15) is 0 Å². The smallest absolute Gasteiger partial charge is 0.188 e. The molecule has 0 saturated carbocycles. The molecule has 5 heteroatoms. The number of thiazole rings is 1. The van der Waals surface area contributed by atoms with Crippen molar-refractivity contribution in [1.29, 1.82) is 0 Å². The van der Waals surface area contributed by atoms with E-state index < -0.39 is 0 Å². The summed E-state index contributed by atoms with van der Waals surface area (Å²) < 4.78 is 0. The monoisotopic (exact) mass is 187 g/mol. The molecule has 11 heavy (non-hydrogen) atoms. The van der Waals surface area contributed by atoms with Crippen LogP contribution in [0.15, 0.2) is 11.6 Å². The lowest BCUT2D eigenvalue weighted by atomic mass is 10.7. The maximum Gasteiger partial charge on any atom is 0.188 e. The van der Waals surface area contributed by atoms with Gasteiger partial charge in [-0.2, -0.15) is 0 Å².